The maximum absolute atomic E-state index is 12.2. The van der Waals surface area contributed by atoms with Gasteiger partial charge >= 0.3 is 0 Å². The zero-order valence-electron chi connectivity index (χ0n) is 13.1. The summed E-state index contributed by atoms with van der Waals surface area (Å²) in [6, 6.07) is 0.589. The maximum Gasteiger partial charge on any atom is 0.137 e. The van der Waals surface area contributed by atoms with Crippen LogP contribution in [0.15, 0.2) is 0 Å². The topological polar surface area (TPSA) is 23.6 Å². The van der Waals surface area contributed by atoms with Crippen molar-refractivity contribution in [2.45, 2.75) is 46.1 Å². The van der Waals surface area contributed by atoms with Gasteiger partial charge in [0, 0.05) is 44.6 Å². The Balaban J connectivity index is 1.91. The first-order chi connectivity index (χ1) is 8.97. The molecule has 3 nitrogen and oxygen atoms in total. The van der Waals surface area contributed by atoms with Crippen molar-refractivity contribution in [1.82, 2.24) is 9.80 Å². The Morgan fingerprint density at radius 2 is 2.05 bits per heavy atom. The normalized spacial score (nSPS) is 35.0. The van der Waals surface area contributed by atoms with Crippen molar-refractivity contribution in [3.05, 3.63) is 0 Å². The number of piperazine rings is 1. The minimum absolute atomic E-state index is 0.298. The Morgan fingerprint density at radius 1 is 1.32 bits per heavy atom. The van der Waals surface area contributed by atoms with E-state index in [9.17, 15) is 4.79 Å². The van der Waals surface area contributed by atoms with E-state index in [2.05, 4.69) is 37.6 Å². The predicted molar refractivity (Wildman–Crippen MR) is 79.2 cm³/mol. The van der Waals surface area contributed by atoms with Gasteiger partial charge in [0.15, 0.2) is 0 Å². The van der Waals surface area contributed by atoms with Crippen molar-refractivity contribution >= 4 is 5.78 Å². The second-order valence-electron chi connectivity index (χ2n) is 7.05. The molecule has 3 unspecified atom stereocenters. The Hall–Kier alpha value is -0.410. The lowest BCUT2D eigenvalue weighted by atomic mass is 9.75. The van der Waals surface area contributed by atoms with Crippen molar-refractivity contribution in [2.75, 3.05) is 33.2 Å². The van der Waals surface area contributed by atoms with Crippen molar-refractivity contribution in [2.24, 2.45) is 17.8 Å². The third-order valence-electron chi connectivity index (χ3n) is 5.17. The molecule has 3 heteroatoms. The molecule has 0 aromatic carbocycles. The largest absolute Gasteiger partial charge is 0.304 e. The van der Waals surface area contributed by atoms with Crippen LogP contribution in [-0.4, -0.2) is 54.9 Å². The molecule has 1 saturated carbocycles. The Kier molecular flexibility index (Phi) is 5.02. The van der Waals surface area contributed by atoms with E-state index in [-0.39, 0.29) is 0 Å². The molecule has 0 amide bonds. The predicted octanol–water partition coefficient (Wildman–Crippen LogP) is 2.26. The number of carbonyl (C=O) groups excluding carboxylic acids is 1. The average molecular weight is 266 g/mol. The van der Waals surface area contributed by atoms with Crippen LogP contribution in [-0.2, 0) is 4.79 Å². The van der Waals surface area contributed by atoms with Crippen LogP contribution < -0.4 is 0 Å². The first kappa shape index (κ1) is 15.0. The summed E-state index contributed by atoms with van der Waals surface area (Å²) in [7, 11) is 2.19. The van der Waals surface area contributed by atoms with E-state index in [1.165, 1.54) is 0 Å². The molecule has 0 aromatic heterocycles. The smallest absolute Gasteiger partial charge is 0.137 e. The third-order valence-corrected chi connectivity index (χ3v) is 5.17. The monoisotopic (exact) mass is 266 g/mol. The van der Waals surface area contributed by atoms with E-state index < -0.39 is 0 Å². The average Bonchev–Trinajstić information content (AvgIpc) is 2.34. The standard InChI is InChI=1S/C16H30N2O/c1-12(2)14-5-6-16(19)15(9-14)11-18-8-7-17(4)10-13(18)3/h12-15H,5-11H2,1-4H3. The van der Waals surface area contributed by atoms with Crippen LogP contribution in [0.3, 0.4) is 0 Å². The molecule has 3 atom stereocenters. The number of hydrogen-bond acceptors (Lipinski definition) is 3. The molecule has 1 aliphatic carbocycles. The van der Waals surface area contributed by atoms with Crippen molar-refractivity contribution in [3.63, 3.8) is 0 Å². The highest BCUT2D eigenvalue weighted by Crippen LogP contribution is 2.32. The first-order valence-corrected chi connectivity index (χ1v) is 7.92. The summed E-state index contributed by atoms with van der Waals surface area (Å²) in [4.78, 5) is 17.1. The van der Waals surface area contributed by atoms with E-state index in [0.717, 1.165) is 57.3 Å². The van der Waals surface area contributed by atoms with Gasteiger partial charge in [0.1, 0.15) is 5.78 Å². The second kappa shape index (κ2) is 6.36. The molecule has 0 N–H and O–H groups in total. The molecule has 1 aliphatic heterocycles. The van der Waals surface area contributed by atoms with Gasteiger partial charge in [0.05, 0.1) is 0 Å². The molecule has 2 aliphatic rings. The third kappa shape index (κ3) is 3.79. The fourth-order valence-corrected chi connectivity index (χ4v) is 3.66. The SMILES string of the molecule is CC(C)C1CCC(=O)C(CN2CCN(C)CC2C)C1. The van der Waals surface area contributed by atoms with Crippen molar-refractivity contribution < 1.29 is 4.79 Å². The minimum Gasteiger partial charge on any atom is -0.304 e. The molecular formula is C16H30N2O. The summed E-state index contributed by atoms with van der Waals surface area (Å²) in [5, 5.41) is 0. The van der Waals surface area contributed by atoms with Crippen molar-refractivity contribution in [3.8, 4) is 0 Å². The van der Waals surface area contributed by atoms with Crippen LogP contribution in [0.25, 0.3) is 0 Å². The molecule has 0 radical (unpaired) electrons. The van der Waals surface area contributed by atoms with E-state index in [1.807, 2.05) is 0 Å². The van der Waals surface area contributed by atoms with Crippen LogP contribution >= 0.6 is 0 Å². The van der Waals surface area contributed by atoms with Gasteiger partial charge in [-0.3, -0.25) is 9.69 Å². The number of nitrogens with zero attached hydrogens (tertiary/aromatic N) is 2. The Labute approximate surface area is 118 Å². The van der Waals surface area contributed by atoms with Gasteiger partial charge in [0.2, 0.25) is 0 Å². The van der Waals surface area contributed by atoms with E-state index >= 15 is 0 Å². The Morgan fingerprint density at radius 3 is 2.68 bits per heavy atom. The zero-order chi connectivity index (χ0) is 14.0. The highest BCUT2D eigenvalue weighted by Gasteiger charge is 2.33. The van der Waals surface area contributed by atoms with E-state index in [0.29, 0.717) is 17.7 Å². The van der Waals surface area contributed by atoms with Gasteiger partial charge in [-0.1, -0.05) is 13.8 Å². The lowest BCUT2D eigenvalue weighted by molar-refractivity contribution is -0.127. The van der Waals surface area contributed by atoms with Crippen LogP contribution in [0.1, 0.15) is 40.0 Å². The first-order valence-electron chi connectivity index (χ1n) is 7.92. The Bertz CT molecular complexity index is 316. The van der Waals surface area contributed by atoms with Crippen LogP contribution in [0, 0.1) is 17.8 Å². The number of Topliss-reactive ketones (excluding diaryl/α,β-unsaturated/α-hetero) is 1. The number of carbonyl (C=O) groups is 1. The molecule has 0 aromatic rings. The molecule has 19 heavy (non-hydrogen) atoms. The number of likely N-dealkylation sites (N-methyl/N-ethyl adjacent to an activating group) is 1. The lowest BCUT2D eigenvalue weighted by Crippen LogP contribution is -2.52. The number of ketones is 1. The lowest BCUT2D eigenvalue weighted by Gasteiger charge is -2.41. The fraction of sp³-hybridized carbons (Fsp3) is 0.938. The summed E-state index contributed by atoms with van der Waals surface area (Å²) in [5.74, 6) is 2.29. The van der Waals surface area contributed by atoms with Gasteiger partial charge in [-0.05, 0) is 38.6 Å². The summed E-state index contributed by atoms with van der Waals surface area (Å²) < 4.78 is 0. The minimum atomic E-state index is 0.298. The number of rotatable bonds is 3. The molecule has 2 rings (SSSR count). The van der Waals surface area contributed by atoms with Crippen LogP contribution in [0.4, 0.5) is 0 Å². The van der Waals surface area contributed by atoms with E-state index in [4.69, 9.17) is 0 Å². The number of hydrogen-bond donors (Lipinski definition) is 0. The van der Waals surface area contributed by atoms with Crippen LogP contribution in [0.5, 0.6) is 0 Å². The molecule has 1 saturated heterocycles. The van der Waals surface area contributed by atoms with Gasteiger partial charge in [-0.2, -0.15) is 0 Å². The zero-order valence-corrected chi connectivity index (χ0v) is 13.1. The highest BCUT2D eigenvalue weighted by atomic mass is 16.1. The van der Waals surface area contributed by atoms with Crippen LogP contribution in [0.2, 0.25) is 0 Å². The summed E-state index contributed by atoms with van der Waals surface area (Å²) >= 11 is 0. The molecule has 0 spiro atoms. The van der Waals surface area contributed by atoms with Gasteiger partial charge in [-0.25, -0.2) is 0 Å². The highest BCUT2D eigenvalue weighted by molar-refractivity contribution is 5.82. The fourth-order valence-electron chi connectivity index (χ4n) is 3.66. The molecule has 0 bridgehead atoms. The van der Waals surface area contributed by atoms with E-state index in [1.54, 1.807) is 0 Å². The second-order valence-corrected chi connectivity index (χ2v) is 7.05. The molecular weight excluding hydrogens is 236 g/mol. The molecule has 1 heterocycles. The molecule has 2 fully saturated rings. The summed E-state index contributed by atoms with van der Waals surface area (Å²) in [5.41, 5.74) is 0. The van der Waals surface area contributed by atoms with Crippen molar-refractivity contribution in [1.29, 1.82) is 0 Å². The van der Waals surface area contributed by atoms with Gasteiger partial charge in [0.25, 0.3) is 0 Å². The summed E-state index contributed by atoms with van der Waals surface area (Å²) in [6.07, 6.45) is 3.05. The quantitative estimate of drug-likeness (QED) is 0.783. The summed E-state index contributed by atoms with van der Waals surface area (Å²) in [6.45, 7) is 11.3. The molecule has 110 valence electrons. The van der Waals surface area contributed by atoms with Gasteiger partial charge < -0.3 is 4.90 Å². The van der Waals surface area contributed by atoms with Gasteiger partial charge in [-0.15, -0.1) is 0 Å². The maximum atomic E-state index is 12.2.